The van der Waals surface area contributed by atoms with E-state index in [1.165, 1.54) is 0 Å². The number of aliphatic carboxylic acids is 1. The van der Waals surface area contributed by atoms with E-state index in [-0.39, 0.29) is 45.8 Å². The van der Waals surface area contributed by atoms with Gasteiger partial charge in [-0.3, -0.25) is 9.59 Å². The van der Waals surface area contributed by atoms with E-state index in [1.54, 1.807) is 0 Å². The second-order valence-electron chi connectivity index (χ2n) is 14.3. The van der Waals surface area contributed by atoms with Crippen LogP contribution >= 0.6 is 0 Å². The van der Waals surface area contributed by atoms with Crippen LogP contribution in [0.3, 0.4) is 0 Å². The Morgan fingerprint density at radius 2 is 1.76 bits per heavy atom. The number of hydrogen-bond donors (Lipinski definition) is 1. The lowest BCUT2D eigenvalue weighted by molar-refractivity contribution is -0.203. The smallest absolute Gasteiger partial charge is 0.313 e. The predicted molar refractivity (Wildman–Crippen MR) is 126 cm³/mol. The summed E-state index contributed by atoms with van der Waals surface area (Å²) in [5.74, 6) is -0.174. The second kappa shape index (κ2) is 5.63. The summed E-state index contributed by atoms with van der Waals surface area (Å²) in [6.45, 7) is 15.7. The summed E-state index contributed by atoms with van der Waals surface area (Å²) in [6.07, 6.45) is 7.46. The Labute approximate surface area is 203 Å². The molecule has 0 aromatic rings. The van der Waals surface area contributed by atoms with E-state index >= 15 is 0 Å². The second-order valence-corrected chi connectivity index (χ2v) is 14.3. The van der Waals surface area contributed by atoms with E-state index in [9.17, 15) is 14.7 Å². The fourth-order valence-corrected chi connectivity index (χ4v) is 12.3. The molecule has 5 heteroatoms. The first-order valence-corrected chi connectivity index (χ1v) is 13.7. The number of ether oxygens (including phenoxy) is 2. The standard InChI is InChI=1S/C29H40O5/c1-16(2)18-7-9-25(21(30)31)12-13-26-19(20(18)25)8-10-28(33-22(26)32)24(26,6)11-14-27-23(4,5)15-17(3)29(27,28)34-27/h17-20H,1,7-15H2,2-6H3,(H,30,31)/t17-,18-,19?,20?,24-,25-,26+,27+,28+,29-/m0/s1. The van der Waals surface area contributed by atoms with E-state index in [1.807, 2.05) is 0 Å². The molecule has 2 unspecified atom stereocenters. The summed E-state index contributed by atoms with van der Waals surface area (Å²) < 4.78 is 13.7. The molecule has 1 spiro atoms. The number of epoxide rings is 1. The number of carboxylic acids is 1. The van der Waals surface area contributed by atoms with E-state index in [2.05, 4.69) is 41.2 Å². The summed E-state index contributed by atoms with van der Waals surface area (Å²) in [4.78, 5) is 27.1. The summed E-state index contributed by atoms with van der Waals surface area (Å²) in [5, 5.41) is 10.5. The maximum atomic E-state index is 14.3. The molecule has 7 fully saturated rings. The fourth-order valence-electron chi connectivity index (χ4n) is 12.3. The van der Waals surface area contributed by atoms with Crippen molar-refractivity contribution in [3.63, 3.8) is 0 Å². The number of fused-ring (bicyclic) bond motifs is 2. The molecule has 2 bridgehead atoms. The van der Waals surface area contributed by atoms with Gasteiger partial charge in [0.25, 0.3) is 0 Å². The summed E-state index contributed by atoms with van der Waals surface area (Å²) in [6, 6.07) is 0. The highest BCUT2D eigenvalue weighted by molar-refractivity contribution is 5.85. The molecular weight excluding hydrogens is 428 g/mol. The highest BCUT2D eigenvalue weighted by atomic mass is 16.7. The fraction of sp³-hybridized carbons (Fsp3) is 0.862. The molecule has 0 amide bonds. The van der Waals surface area contributed by atoms with Crippen molar-refractivity contribution in [3.8, 4) is 0 Å². The molecule has 10 atom stereocenters. The van der Waals surface area contributed by atoms with Gasteiger partial charge in [-0.2, -0.15) is 0 Å². The molecule has 1 N–H and O–H groups in total. The Morgan fingerprint density at radius 3 is 2.44 bits per heavy atom. The van der Waals surface area contributed by atoms with E-state index in [0.29, 0.717) is 25.2 Å². The zero-order valence-corrected chi connectivity index (χ0v) is 21.5. The maximum Gasteiger partial charge on any atom is 0.313 e. The first-order valence-electron chi connectivity index (χ1n) is 13.7. The van der Waals surface area contributed by atoms with Crippen molar-refractivity contribution in [2.75, 3.05) is 0 Å². The van der Waals surface area contributed by atoms with Crippen LogP contribution in [0.2, 0.25) is 0 Å². The Morgan fingerprint density at radius 1 is 1.03 bits per heavy atom. The van der Waals surface area contributed by atoms with Gasteiger partial charge in [0.15, 0.2) is 5.60 Å². The van der Waals surface area contributed by atoms with Gasteiger partial charge < -0.3 is 14.6 Å². The van der Waals surface area contributed by atoms with Gasteiger partial charge >= 0.3 is 11.9 Å². The van der Waals surface area contributed by atoms with Crippen LogP contribution in [-0.4, -0.2) is 33.8 Å². The number of allylic oxidation sites excluding steroid dienone is 1. The summed E-state index contributed by atoms with van der Waals surface area (Å²) in [7, 11) is 0. The van der Waals surface area contributed by atoms with Crippen LogP contribution in [0.5, 0.6) is 0 Å². The average molecular weight is 469 g/mol. The molecule has 5 aliphatic carbocycles. The summed E-state index contributed by atoms with van der Waals surface area (Å²) in [5.41, 5.74) is -1.66. The largest absolute Gasteiger partial charge is 0.481 e. The quantitative estimate of drug-likeness (QED) is 0.328. The number of esters is 1. The van der Waals surface area contributed by atoms with E-state index in [4.69, 9.17) is 9.47 Å². The highest BCUT2D eigenvalue weighted by Crippen LogP contribution is 2.88. The number of carbonyl (C=O) groups excluding carboxylic acids is 1. The number of carboxylic acid groups (broad SMARTS) is 1. The van der Waals surface area contributed by atoms with E-state index < -0.39 is 22.4 Å². The molecule has 5 saturated carbocycles. The maximum absolute atomic E-state index is 14.3. The Bertz CT molecular complexity index is 1060. The Balaban J connectivity index is 1.41. The van der Waals surface area contributed by atoms with Gasteiger partial charge in [0.05, 0.1) is 10.8 Å². The minimum absolute atomic E-state index is 0.0292. The molecular formula is C29H40O5. The molecule has 0 aromatic carbocycles. The van der Waals surface area contributed by atoms with Crippen LogP contribution in [0.1, 0.15) is 92.4 Å². The minimum atomic E-state index is -0.728. The molecule has 5 nitrogen and oxygen atoms in total. The van der Waals surface area contributed by atoms with Crippen molar-refractivity contribution in [2.24, 2.45) is 45.3 Å². The van der Waals surface area contributed by atoms with Gasteiger partial charge in [0.1, 0.15) is 11.2 Å². The van der Waals surface area contributed by atoms with Crippen molar-refractivity contribution >= 4 is 11.9 Å². The monoisotopic (exact) mass is 468 g/mol. The molecule has 0 aromatic heterocycles. The predicted octanol–water partition coefficient (Wildman–Crippen LogP) is 5.52. The number of rotatable bonds is 2. The van der Waals surface area contributed by atoms with Crippen molar-refractivity contribution in [3.05, 3.63) is 12.2 Å². The van der Waals surface area contributed by atoms with Gasteiger partial charge in [-0.1, -0.05) is 39.8 Å². The molecule has 7 aliphatic rings. The zero-order valence-electron chi connectivity index (χ0n) is 21.5. The van der Waals surface area contributed by atoms with Crippen molar-refractivity contribution < 1.29 is 24.2 Å². The third-order valence-corrected chi connectivity index (χ3v) is 13.5. The lowest BCUT2D eigenvalue weighted by Crippen LogP contribution is -2.70. The van der Waals surface area contributed by atoms with Crippen LogP contribution in [0.25, 0.3) is 0 Å². The SMILES string of the molecule is C=C(C)[C@@H]1CC[C@]2(C(=O)O)CC[C@]34C(=O)O[C@]5(CCC3C12)[C@@]4(C)CC[C@]12O[C@]51[C@@H](C)CC2(C)C. The molecule has 34 heavy (non-hydrogen) atoms. The van der Waals surface area contributed by atoms with Gasteiger partial charge in [-0.15, -0.1) is 0 Å². The lowest BCUT2D eigenvalue weighted by atomic mass is 9.35. The molecule has 0 radical (unpaired) electrons. The van der Waals surface area contributed by atoms with Crippen LogP contribution in [0, 0.1) is 45.3 Å². The van der Waals surface area contributed by atoms with Crippen molar-refractivity contribution in [1.82, 2.24) is 0 Å². The molecule has 7 rings (SSSR count). The van der Waals surface area contributed by atoms with Crippen LogP contribution in [-0.2, 0) is 19.1 Å². The zero-order chi connectivity index (χ0) is 24.3. The number of carbonyl (C=O) groups is 2. The molecule has 2 saturated heterocycles. The lowest BCUT2D eigenvalue weighted by Gasteiger charge is -2.64. The first kappa shape index (κ1) is 21.9. The Hall–Kier alpha value is -1.36. The van der Waals surface area contributed by atoms with Gasteiger partial charge in [-0.05, 0) is 93.8 Å². The van der Waals surface area contributed by atoms with E-state index in [0.717, 1.165) is 44.1 Å². The van der Waals surface area contributed by atoms with Crippen LogP contribution in [0.15, 0.2) is 12.2 Å². The third kappa shape index (κ3) is 1.71. The molecule has 2 heterocycles. The normalized spacial score (nSPS) is 59.7. The number of hydrogen-bond acceptors (Lipinski definition) is 4. The van der Waals surface area contributed by atoms with Crippen molar-refractivity contribution in [2.45, 2.75) is 109 Å². The van der Waals surface area contributed by atoms with Gasteiger partial charge in [0, 0.05) is 5.41 Å². The molecule has 2 aliphatic heterocycles. The van der Waals surface area contributed by atoms with Gasteiger partial charge in [-0.25, -0.2) is 0 Å². The third-order valence-electron chi connectivity index (χ3n) is 13.5. The molecule has 186 valence electrons. The average Bonchev–Trinajstić information content (AvgIpc) is 3.25. The highest BCUT2D eigenvalue weighted by Gasteiger charge is 2.98. The topological polar surface area (TPSA) is 76.1 Å². The van der Waals surface area contributed by atoms with Crippen molar-refractivity contribution in [1.29, 1.82) is 0 Å². The van der Waals surface area contributed by atoms with Crippen LogP contribution in [0.4, 0.5) is 0 Å². The first-order chi connectivity index (χ1) is 15.8. The Kier molecular flexibility index (Phi) is 3.62. The summed E-state index contributed by atoms with van der Waals surface area (Å²) >= 11 is 0. The minimum Gasteiger partial charge on any atom is -0.481 e. The van der Waals surface area contributed by atoms with Gasteiger partial charge in [0.2, 0.25) is 0 Å². The van der Waals surface area contributed by atoms with Crippen LogP contribution < -0.4 is 0 Å².